The zero-order chi connectivity index (χ0) is 9.68. The van der Waals surface area contributed by atoms with Crippen molar-refractivity contribution in [1.29, 1.82) is 0 Å². The van der Waals surface area contributed by atoms with Gasteiger partial charge in [-0.2, -0.15) is 4.98 Å². The molecule has 0 aliphatic rings. The van der Waals surface area contributed by atoms with Crippen LogP contribution in [0.5, 0.6) is 5.88 Å². The fraction of sp³-hybridized carbons (Fsp3) is 0.500. The first-order valence-electron chi connectivity index (χ1n) is 4.03. The summed E-state index contributed by atoms with van der Waals surface area (Å²) in [6.45, 7) is 2.02. The molecule has 5 heteroatoms. The Morgan fingerprint density at radius 2 is 2.31 bits per heavy atom. The van der Waals surface area contributed by atoms with Gasteiger partial charge in [-0.3, -0.25) is 0 Å². The fourth-order valence-electron chi connectivity index (χ4n) is 0.893. The van der Waals surface area contributed by atoms with Crippen LogP contribution in [0, 0.1) is 6.92 Å². The average Bonchev–Trinajstić information content (AvgIpc) is 2.14. The van der Waals surface area contributed by atoms with Crippen LogP contribution in [-0.4, -0.2) is 35.3 Å². The topological polar surface area (TPSA) is 67.3 Å². The van der Waals surface area contributed by atoms with Crippen molar-refractivity contribution in [3.63, 3.8) is 0 Å². The smallest absolute Gasteiger partial charge is 0.218 e. The zero-order valence-electron chi connectivity index (χ0n) is 7.74. The number of aliphatic hydroxyl groups is 1. The van der Waals surface area contributed by atoms with Gasteiger partial charge in [-0.05, 0) is 6.92 Å². The first kappa shape index (κ1) is 9.73. The molecule has 0 aromatic carbocycles. The number of aromatic nitrogens is 2. The van der Waals surface area contributed by atoms with Crippen LogP contribution in [0.15, 0.2) is 6.07 Å². The molecule has 0 unspecified atom stereocenters. The predicted octanol–water partition coefficient (Wildman–Crippen LogP) is 0.198. The van der Waals surface area contributed by atoms with Gasteiger partial charge in [0.05, 0.1) is 6.61 Å². The molecule has 0 saturated heterocycles. The number of nitrogens with zero attached hydrogens (tertiary/aromatic N) is 2. The summed E-state index contributed by atoms with van der Waals surface area (Å²) in [6.07, 6.45) is 0. The van der Waals surface area contributed by atoms with Crippen molar-refractivity contribution in [3.05, 3.63) is 11.9 Å². The Morgan fingerprint density at radius 1 is 1.54 bits per heavy atom. The molecule has 1 heterocycles. The van der Waals surface area contributed by atoms with E-state index in [2.05, 4.69) is 15.3 Å². The van der Waals surface area contributed by atoms with Crippen molar-refractivity contribution >= 4 is 5.82 Å². The van der Waals surface area contributed by atoms with Gasteiger partial charge < -0.3 is 15.2 Å². The summed E-state index contributed by atoms with van der Waals surface area (Å²) >= 11 is 0. The van der Waals surface area contributed by atoms with Crippen LogP contribution in [0.1, 0.15) is 5.82 Å². The maximum atomic E-state index is 8.54. The number of hydrogen-bond acceptors (Lipinski definition) is 5. The minimum atomic E-state index is -0.0159. The molecule has 0 bridgehead atoms. The summed E-state index contributed by atoms with van der Waals surface area (Å²) in [5, 5.41) is 11.4. The van der Waals surface area contributed by atoms with Crippen molar-refractivity contribution in [2.75, 3.05) is 25.6 Å². The Hall–Kier alpha value is -1.36. The number of aryl methyl sites for hydroxylation is 1. The molecule has 2 N–H and O–H groups in total. The van der Waals surface area contributed by atoms with E-state index in [0.29, 0.717) is 17.5 Å². The molecule has 0 fully saturated rings. The molecule has 1 rings (SSSR count). The molecule has 0 radical (unpaired) electrons. The van der Waals surface area contributed by atoms with Gasteiger partial charge in [0, 0.05) is 13.1 Å². The second-order valence-corrected chi connectivity index (χ2v) is 2.46. The van der Waals surface area contributed by atoms with E-state index in [0.717, 1.165) is 0 Å². The minimum Gasteiger partial charge on any atom is -0.475 e. The van der Waals surface area contributed by atoms with E-state index >= 15 is 0 Å². The van der Waals surface area contributed by atoms with E-state index in [1.54, 1.807) is 20.0 Å². The molecular formula is C8H13N3O2. The largest absolute Gasteiger partial charge is 0.475 e. The number of hydrogen-bond donors (Lipinski definition) is 2. The van der Waals surface area contributed by atoms with E-state index in [1.807, 2.05) is 0 Å². The summed E-state index contributed by atoms with van der Waals surface area (Å²) in [5.74, 6) is 1.83. The lowest BCUT2D eigenvalue weighted by atomic mass is 10.5. The van der Waals surface area contributed by atoms with Crippen molar-refractivity contribution in [2.24, 2.45) is 0 Å². The highest BCUT2D eigenvalue weighted by Crippen LogP contribution is 2.12. The molecule has 13 heavy (non-hydrogen) atoms. The number of aliphatic hydroxyl groups excluding tert-OH is 1. The van der Waals surface area contributed by atoms with Crippen LogP contribution in [-0.2, 0) is 0 Å². The van der Waals surface area contributed by atoms with Crippen molar-refractivity contribution < 1.29 is 9.84 Å². The molecule has 0 saturated carbocycles. The fourth-order valence-corrected chi connectivity index (χ4v) is 0.893. The summed E-state index contributed by atoms with van der Waals surface area (Å²) < 4.78 is 5.14. The Labute approximate surface area is 76.8 Å². The minimum absolute atomic E-state index is 0.0159. The SMILES string of the molecule is CNc1cc(OCCO)nc(C)n1. The molecule has 1 aromatic heterocycles. The van der Waals surface area contributed by atoms with Gasteiger partial charge in [0.15, 0.2) is 0 Å². The Bertz CT molecular complexity index is 278. The van der Waals surface area contributed by atoms with Crippen LogP contribution in [0.25, 0.3) is 0 Å². The number of anilines is 1. The van der Waals surface area contributed by atoms with Crippen LogP contribution in [0.2, 0.25) is 0 Å². The van der Waals surface area contributed by atoms with Gasteiger partial charge in [0.1, 0.15) is 18.2 Å². The second kappa shape index (κ2) is 4.61. The third kappa shape index (κ3) is 2.87. The second-order valence-electron chi connectivity index (χ2n) is 2.46. The molecule has 1 aromatic rings. The summed E-state index contributed by atoms with van der Waals surface area (Å²) in [7, 11) is 1.78. The summed E-state index contributed by atoms with van der Waals surface area (Å²) in [6, 6.07) is 1.68. The first-order valence-corrected chi connectivity index (χ1v) is 4.03. The number of rotatable bonds is 4. The monoisotopic (exact) mass is 183 g/mol. The van der Waals surface area contributed by atoms with Crippen molar-refractivity contribution in [1.82, 2.24) is 9.97 Å². The third-order valence-electron chi connectivity index (χ3n) is 1.41. The highest BCUT2D eigenvalue weighted by Gasteiger charge is 2.00. The maximum Gasteiger partial charge on any atom is 0.218 e. The molecule has 5 nitrogen and oxygen atoms in total. The highest BCUT2D eigenvalue weighted by molar-refractivity contribution is 5.37. The van der Waals surface area contributed by atoms with Gasteiger partial charge in [0.25, 0.3) is 0 Å². The first-order chi connectivity index (χ1) is 6.26. The molecule has 72 valence electrons. The molecule has 0 atom stereocenters. The molecule has 0 aliphatic heterocycles. The van der Waals surface area contributed by atoms with Gasteiger partial charge >= 0.3 is 0 Å². The molecular weight excluding hydrogens is 170 g/mol. The lowest BCUT2D eigenvalue weighted by Crippen LogP contribution is -2.05. The number of nitrogens with one attached hydrogen (secondary N) is 1. The van der Waals surface area contributed by atoms with Gasteiger partial charge in [-0.15, -0.1) is 0 Å². The lowest BCUT2D eigenvalue weighted by molar-refractivity contribution is 0.196. The normalized spacial score (nSPS) is 9.77. The quantitative estimate of drug-likeness (QED) is 0.697. The Balaban J connectivity index is 2.76. The van der Waals surface area contributed by atoms with Gasteiger partial charge in [0.2, 0.25) is 5.88 Å². The standard InChI is InChI=1S/C8H13N3O2/c1-6-10-7(9-2)5-8(11-6)13-4-3-12/h5,12H,3-4H2,1-2H3,(H,9,10,11). The molecule has 0 spiro atoms. The third-order valence-corrected chi connectivity index (χ3v) is 1.41. The molecule has 0 aliphatic carbocycles. The van der Waals surface area contributed by atoms with Gasteiger partial charge in [-0.25, -0.2) is 4.98 Å². The lowest BCUT2D eigenvalue weighted by Gasteiger charge is -2.05. The van der Waals surface area contributed by atoms with Crippen molar-refractivity contribution in [2.45, 2.75) is 6.92 Å². The molecule has 0 amide bonds. The van der Waals surface area contributed by atoms with E-state index in [4.69, 9.17) is 9.84 Å². The van der Waals surface area contributed by atoms with Gasteiger partial charge in [-0.1, -0.05) is 0 Å². The summed E-state index contributed by atoms with van der Waals surface area (Å²) in [4.78, 5) is 8.13. The maximum absolute atomic E-state index is 8.54. The van der Waals surface area contributed by atoms with Crippen LogP contribution < -0.4 is 10.1 Å². The zero-order valence-corrected chi connectivity index (χ0v) is 7.74. The predicted molar refractivity (Wildman–Crippen MR) is 48.9 cm³/mol. The number of ether oxygens (including phenoxy) is 1. The summed E-state index contributed by atoms with van der Waals surface area (Å²) in [5.41, 5.74) is 0. The van der Waals surface area contributed by atoms with Crippen LogP contribution >= 0.6 is 0 Å². The Kier molecular flexibility index (Phi) is 3.45. The Morgan fingerprint density at radius 3 is 2.92 bits per heavy atom. The van der Waals surface area contributed by atoms with Crippen LogP contribution in [0.3, 0.4) is 0 Å². The van der Waals surface area contributed by atoms with E-state index < -0.39 is 0 Å². The van der Waals surface area contributed by atoms with Crippen molar-refractivity contribution in [3.8, 4) is 5.88 Å². The average molecular weight is 183 g/mol. The van der Waals surface area contributed by atoms with E-state index in [1.165, 1.54) is 0 Å². The van der Waals surface area contributed by atoms with E-state index in [-0.39, 0.29) is 13.2 Å². The van der Waals surface area contributed by atoms with Crippen LogP contribution in [0.4, 0.5) is 5.82 Å². The highest BCUT2D eigenvalue weighted by atomic mass is 16.5. The van der Waals surface area contributed by atoms with E-state index in [9.17, 15) is 0 Å².